The summed E-state index contributed by atoms with van der Waals surface area (Å²) in [7, 11) is 0. The Kier molecular flexibility index (Phi) is 5.96. The molecule has 1 aliphatic heterocycles. The van der Waals surface area contributed by atoms with Gasteiger partial charge in [0.1, 0.15) is 12.4 Å². The standard InChI is InChI=1S/C21H27NO4/c1-3-5-10-22(13-16-12-18(16)21(24)25-4-2)20(23)17-11-15-8-6-7-9-19(15)26-14-17/h6-9,11,16,18H,3-5,10,12-14H2,1-2H3/t16-,18+/m0/s1. The number of rotatable bonds is 8. The SMILES string of the molecule is CCCCN(C[C@@H]1C[C@H]1C(=O)OCC)C(=O)C1=Cc2ccccc2OC1. The summed E-state index contributed by atoms with van der Waals surface area (Å²) in [4.78, 5) is 26.8. The summed E-state index contributed by atoms with van der Waals surface area (Å²) in [5, 5.41) is 0. The van der Waals surface area contributed by atoms with E-state index in [1.807, 2.05) is 42.2 Å². The molecule has 26 heavy (non-hydrogen) atoms. The van der Waals surface area contributed by atoms with Crippen LogP contribution < -0.4 is 4.74 Å². The first-order chi connectivity index (χ1) is 12.6. The monoisotopic (exact) mass is 357 g/mol. The van der Waals surface area contributed by atoms with E-state index in [9.17, 15) is 9.59 Å². The third kappa shape index (κ3) is 4.26. The first-order valence-corrected chi connectivity index (χ1v) is 9.52. The molecule has 0 unspecified atom stereocenters. The second-order valence-corrected chi connectivity index (χ2v) is 6.96. The topological polar surface area (TPSA) is 55.8 Å². The average Bonchev–Trinajstić information content (AvgIpc) is 3.43. The van der Waals surface area contributed by atoms with Crippen molar-refractivity contribution in [2.24, 2.45) is 11.8 Å². The Morgan fingerprint density at radius 1 is 1.27 bits per heavy atom. The first kappa shape index (κ1) is 18.5. The van der Waals surface area contributed by atoms with Crippen molar-refractivity contribution in [1.82, 2.24) is 4.90 Å². The zero-order valence-corrected chi connectivity index (χ0v) is 15.6. The predicted octanol–water partition coefficient (Wildman–Crippen LogP) is 3.29. The number of nitrogens with zero attached hydrogens (tertiary/aromatic N) is 1. The molecule has 1 heterocycles. The lowest BCUT2D eigenvalue weighted by molar-refractivity contribution is -0.145. The van der Waals surface area contributed by atoms with E-state index < -0.39 is 0 Å². The van der Waals surface area contributed by atoms with Gasteiger partial charge in [0, 0.05) is 18.7 Å². The number of hydrogen-bond acceptors (Lipinski definition) is 4. The van der Waals surface area contributed by atoms with E-state index in [2.05, 4.69) is 6.92 Å². The Morgan fingerprint density at radius 2 is 2.08 bits per heavy atom. The third-order valence-electron chi connectivity index (χ3n) is 4.94. The fourth-order valence-electron chi connectivity index (χ4n) is 3.34. The summed E-state index contributed by atoms with van der Waals surface area (Å²) in [5.74, 6) is 0.863. The van der Waals surface area contributed by atoms with Crippen LogP contribution in [-0.2, 0) is 14.3 Å². The molecule has 1 aromatic carbocycles. The number of carbonyl (C=O) groups excluding carboxylic acids is 2. The van der Waals surface area contributed by atoms with Gasteiger partial charge in [-0.2, -0.15) is 0 Å². The van der Waals surface area contributed by atoms with E-state index in [0.717, 1.165) is 30.6 Å². The van der Waals surface area contributed by atoms with Crippen LogP contribution in [0.3, 0.4) is 0 Å². The molecule has 1 aliphatic carbocycles. The lowest BCUT2D eigenvalue weighted by atomic mass is 10.1. The molecular weight excluding hydrogens is 330 g/mol. The minimum Gasteiger partial charge on any atom is -0.488 e. The van der Waals surface area contributed by atoms with Crippen LogP contribution in [0.25, 0.3) is 6.08 Å². The fourth-order valence-corrected chi connectivity index (χ4v) is 3.34. The number of benzene rings is 1. The van der Waals surface area contributed by atoms with Crippen molar-refractivity contribution < 1.29 is 19.1 Å². The Hall–Kier alpha value is -2.30. The molecule has 0 spiro atoms. The molecule has 0 radical (unpaired) electrons. The Labute approximate surface area is 155 Å². The normalized spacial score (nSPS) is 20.5. The van der Waals surface area contributed by atoms with Crippen molar-refractivity contribution in [3.8, 4) is 5.75 Å². The van der Waals surface area contributed by atoms with Gasteiger partial charge in [-0.05, 0) is 37.8 Å². The summed E-state index contributed by atoms with van der Waals surface area (Å²) in [6.07, 6.45) is 4.71. The molecule has 5 heteroatoms. The zero-order chi connectivity index (χ0) is 18.5. The Balaban J connectivity index is 1.67. The van der Waals surface area contributed by atoms with Crippen LogP contribution >= 0.6 is 0 Å². The number of hydrogen-bond donors (Lipinski definition) is 0. The van der Waals surface area contributed by atoms with Gasteiger partial charge in [0.25, 0.3) is 5.91 Å². The van der Waals surface area contributed by atoms with E-state index in [4.69, 9.17) is 9.47 Å². The van der Waals surface area contributed by atoms with Crippen molar-refractivity contribution in [3.63, 3.8) is 0 Å². The molecule has 1 fully saturated rings. The van der Waals surface area contributed by atoms with Crippen LogP contribution in [0.5, 0.6) is 5.75 Å². The van der Waals surface area contributed by atoms with E-state index in [1.165, 1.54) is 0 Å². The quantitative estimate of drug-likeness (QED) is 0.670. The number of para-hydroxylation sites is 1. The van der Waals surface area contributed by atoms with Gasteiger partial charge >= 0.3 is 5.97 Å². The largest absolute Gasteiger partial charge is 0.488 e. The van der Waals surface area contributed by atoms with Gasteiger partial charge < -0.3 is 14.4 Å². The Bertz CT molecular complexity index is 697. The molecule has 0 saturated heterocycles. The van der Waals surface area contributed by atoms with Crippen LogP contribution in [0.15, 0.2) is 29.8 Å². The zero-order valence-electron chi connectivity index (χ0n) is 15.6. The van der Waals surface area contributed by atoms with Gasteiger partial charge in [-0.1, -0.05) is 31.5 Å². The highest BCUT2D eigenvalue weighted by atomic mass is 16.5. The van der Waals surface area contributed by atoms with Gasteiger partial charge in [-0.3, -0.25) is 9.59 Å². The van der Waals surface area contributed by atoms with E-state index in [0.29, 0.717) is 31.9 Å². The van der Waals surface area contributed by atoms with Crippen molar-refractivity contribution in [1.29, 1.82) is 0 Å². The molecule has 0 aromatic heterocycles. The summed E-state index contributed by atoms with van der Waals surface area (Å²) in [6.45, 7) is 5.95. The van der Waals surface area contributed by atoms with Crippen LogP contribution in [0.1, 0.15) is 38.7 Å². The van der Waals surface area contributed by atoms with Gasteiger partial charge in [0.15, 0.2) is 0 Å². The smallest absolute Gasteiger partial charge is 0.309 e. The van der Waals surface area contributed by atoms with Gasteiger partial charge in [0.2, 0.25) is 0 Å². The molecule has 1 amide bonds. The van der Waals surface area contributed by atoms with Crippen LogP contribution in [0.4, 0.5) is 0 Å². The molecule has 0 bridgehead atoms. The van der Waals surface area contributed by atoms with Crippen LogP contribution in [0, 0.1) is 11.8 Å². The van der Waals surface area contributed by atoms with E-state index in [-0.39, 0.29) is 23.7 Å². The summed E-state index contributed by atoms with van der Waals surface area (Å²) in [6, 6.07) is 7.73. The van der Waals surface area contributed by atoms with Gasteiger partial charge in [-0.25, -0.2) is 0 Å². The molecule has 0 N–H and O–H groups in total. The molecule has 2 atom stereocenters. The maximum atomic E-state index is 13.0. The van der Waals surface area contributed by atoms with Crippen molar-refractivity contribution >= 4 is 18.0 Å². The number of unbranched alkanes of at least 4 members (excludes halogenated alkanes) is 1. The fraction of sp³-hybridized carbons (Fsp3) is 0.524. The third-order valence-corrected chi connectivity index (χ3v) is 4.94. The van der Waals surface area contributed by atoms with Gasteiger partial charge in [-0.15, -0.1) is 0 Å². The number of fused-ring (bicyclic) bond motifs is 1. The average molecular weight is 357 g/mol. The molecule has 1 aromatic rings. The lowest BCUT2D eigenvalue weighted by Gasteiger charge is -2.26. The lowest BCUT2D eigenvalue weighted by Crippen LogP contribution is -2.37. The maximum Gasteiger partial charge on any atom is 0.309 e. The number of amides is 1. The highest BCUT2D eigenvalue weighted by molar-refractivity contribution is 5.99. The summed E-state index contributed by atoms with van der Waals surface area (Å²) in [5.41, 5.74) is 1.61. The van der Waals surface area contributed by atoms with Crippen LogP contribution in [0.2, 0.25) is 0 Å². The molecular formula is C21H27NO4. The minimum absolute atomic E-state index is 0.0162. The number of esters is 1. The molecule has 140 valence electrons. The molecule has 3 rings (SSSR count). The van der Waals surface area contributed by atoms with Gasteiger partial charge in [0.05, 0.1) is 18.1 Å². The minimum atomic E-state index is -0.130. The van der Waals surface area contributed by atoms with E-state index in [1.54, 1.807) is 0 Å². The molecule has 2 aliphatic rings. The van der Waals surface area contributed by atoms with Crippen molar-refractivity contribution in [2.75, 3.05) is 26.3 Å². The second-order valence-electron chi connectivity index (χ2n) is 6.96. The van der Waals surface area contributed by atoms with Crippen molar-refractivity contribution in [3.05, 3.63) is 35.4 Å². The first-order valence-electron chi connectivity index (χ1n) is 9.52. The molecule has 5 nitrogen and oxygen atoms in total. The van der Waals surface area contributed by atoms with Crippen molar-refractivity contribution in [2.45, 2.75) is 33.1 Å². The summed E-state index contributed by atoms with van der Waals surface area (Å²) < 4.78 is 10.8. The Morgan fingerprint density at radius 3 is 2.85 bits per heavy atom. The maximum absolute atomic E-state index is 13.0. The highest BCUT2D eigenvalue weighted by Gasteiger charge is 2.45. The highest BCUT2D eigenvalue weighted by Crippen LogP contribution is 2.40. The summed E-state index contributed by atoms with van der Waals surface area (Å²) >= 11 is 0. The number of ether oxygens (including phenoxy) is 2. The van der Waals surface area contributed by atoms with E-state index >= 15 is 0 Å². The second kappa shape index (κ2) is 8.39. The number of carbonyl (C=O) groups is 2. The van der Waals surface area contributed by atoms with Crippen LogP contribution in [-0.4, -0.2) is 43.1 Å². The molecule has 1 saturated carbocycles. The predicted molar refractivity (Wildman–Crippen MR) is 99.6 cm³/mol.